The summed E-state index contributed by atoms with van der Waals surface area (Å²) in [5.41, 5.74) is 1.52. The molecule has 0 spiro atoms. The van der Waals surface area contributed by atoms with Gasteiger partial charge in [0, 0.05) is 42.5 Å². The monoisotopic (exact) mass is 443 g/mol. The fourth-order valence-electron chi connectivity index (χ4n) is 3.68. The van der Waals surface area contributed by atoms with Gasteiger partial charge in [-0.2, -0.15) is 4.31 Å². The lowest BCUT2D eigenvalue weighted by Crippen LogP contribution is -2.31. The van der Waals surface area contributed by atoms with E-state index in [1.54, 1.807) is 40.5 Å². The maximum Gasteiger partial charge on any atom is 0.254 e. The van der Waals surface area contributed by atoms with Crippen LogP contribution in [0.3, 0.4) is 0 Å². The second kappa shape index (κ2) is 8.75. The van der Waals surface area contributed by atoms with Crippen molar-refractivity contribution in [1.29, 1.82) is 0 Å². The van der Waals surface area contributed by atoms with Gasteiger partial charge in [0.25, 0.3) is 5.91 Å². The molecule has 3 heterocycles. The Kier molecular flexibility index (Phi) is 6.08. The van der Waals surface area contributed by atoms with E-state index < -0.39 is 10.0 Å². The van der Waals surface area contributed by atoms with Gasteiger partial charge in [0.1, 0.15) is 0 Å². The van der Waals surface area contributed by atoms with Crippen LogP contribution in [0.5, 0.6) is 0 Å². The number of sulfonamides is 1. The normalized spacial score (nSPS) is 14.8. The van der Waals surface area contributed by atoms with Crippen LogP contribution in [-0.2, 0) is 30.2 Å². The maximum atomic E-state index is 13.3. The molecule has 1 saturated heterocycles. The van der Waals surface area contributed by atoms with Gasteiger partial charge in [0.05, 0.1) is 18.0 Å². The molecule has 1 aliphatic heterocycles. The number of aromatic nitrogens is 1. The number of hydrogen-bond donors (Lipinski definition) is 0. The summed E-state index contributed by atoms with van der Waals surface area (Å²) < 4.78 is 29.0. The van der Waals surface area contributed by atoms with Crippen LogP contribution in [-0.4, -0.2) is 41.2 Å². The van der Waals surface area contributed by atoms with E-state index in [9.17, 15) is 13.2 Å². The highest BCUT2D eigenvalue weighted by Gasteiger charge is 2.27. The minimum atomic E-state index is -3.48. The summed E-state index contributed by atoms with van der Waals surface area (Å²) in [5.74, 6) is -0.116. The lowest BCUT2D eigenvalue weighted by Gasteiger charge is -2.23. The second-order valence-corrected chi connectivity index (χ2v) is 10.5. The molecule has 6 nitrogen and oxygen atoms in total. The smallest absolute Gasteiger partial charge is 0.254 e. The molecule has 4 rings (SSSR count). The molecule has 0 unspecified atom stereocenters. The fraction of sp³-hybridized carbons (Fsp3) is 0.318. The number of carbonyl (C=O) groups is 1. The third-order valence-corrected chi connectivity index (χ3v) is 8.20. The molecule has 3 aromatic rings. The van der Waals surface area contributed by atoms with E-state index in [1.165, 1.54) is 4.31 Å². The molecular formula is C22H25N3O3S2. The van der Waals surface area contributed by atoms with Crippen molar-refractivity contribution in [3.05, 3.63) is 76.2 Å². The van der Waals surface area contributed by atoms with Gasteiger partial charge >= 0.3 is 0 Å². The van der Waals surface area contributed by atoms with Gasteiger partial charge < -0.3 is 9.47 Å². The van der Waals surface area contributed by atoms with Gasteiger partial charge in [0.15, 0.2) is 0 Å². The molecule has 2 aromatic heterocycles. The quantitative estimate of drug-likeness (QED) is 0.559. The summed E-state index contributed by atoms with van der Waals surface area (Å²) in [5, 5.41) is 2.00. The molecule has 30 heavy (non-hydrogen) atoms. The van der Waals surface area contributed by atoms with Crippen LogP contribution in [0.15, 0.2) is 65.0 Å². The third-order valence-electron chi connectivity index (χ3n) is 5.42. The summed E-state index contributed by atoms with van der Waals surface area (Å²) in [7, 11) is -1.52. The van der Waals surface area contributed by atoms with Crippen molar-refractivity contribution in [1.82, 2.24) is 13.8 Å². The molecule has 1 aliphatic rings. The fourth-order valence-corrected chi connectivity index (χ4v) is 5.91. The van der Waals surface area contributed by atoms with Crippen molar-refractivity contribution in [2.45, 2.75) is 30.8 Å². The van der Waals surface area contributed by atoms with Crippen LogP contribution in [0.2, 0.25) is 0 Å². The second-order valence-electron chi connectivity index (χ2n) is 7.49. The zero-order valence-corrected chi connectivity index (χ0v) is 18.5. The van der Waals surface area contributed by atoms with Crippen molar-refractivity contribution in [3.8, 4) is 0 Å². The number of carbonyl (C=O) groups excluding carboxylic acids is 1. The SMILES string of the molecule is Cn1cccc1CN(Cc1cccs1)C(=O)c1ccc(S(=O)(=O)N2CCCC2)cc1. The lowest BCUT2D eigenvalue weighted by atomic mass is 10.2. The Morgan fingerprint density at radius 3 is 2.37 bits per heavy atom. The third kappa shape index (κ3) is 4.35. The van der Waals surface area contributed by atoms with Gasteiger partial charge in [0.2, 0.25) is 10.0 Å². The van der Waals surface area contributed by atoms with E-state index in [1.807, 2.05) is 47.5 Å². The van der Waals surface area contributed by atoms with E-state index in [4.69, 9.17) is 0 Å². The highest BCUT2D eigenvalue weighted by molar-refractivity contribution is 7.89. The first-order valence-corrected chi connectivity index (χ1v) is 12.3. The molecular weight excluding hydrogens is 418 g/mol. The predicted molar refractivity (Wildman–Crippen MR) is 118 cm³/mol. The molecule has 0 aliphatic carbocycles. The van der Waals surface area contributed by atoms with E-state index in [0.29, 0.717) is 31.7 Å². The Labute approximate surface area is 181 Å². The van der Waals surface area contributed by atoms with E-state index in [0.717, 1.165) is 23.4 Å². The zero-order valence-electron chi connectivity index (χ0n) is 16.9. The van der Waals surface area contributed by atoms with Gasteiger partial charge in [-0.15, -0.1) is 11.3 Å². The van der Waals surface area contributed by atoms with Crippen molar-refractivity contribution in [2.24, 2.45) is 7.05 Å². The molecule has 1 aromatic carbocycles. The highest BCUT2D eigenvalue weighted by atomic mass is 32.2. The average molecular weight is 444 g/mol. The molecule has 0 radical (unpaired) electrons. The number of thiophene rings is 1. The number of hydrogen-bond acceptors (Lipinski definition) is 4. The van der Waals surface area contributed by atoms with Crippen molar-refractivity contribution in [2.75, 3.05) is 13.1 Å². The number of aryl methyl sites for hydroxylation is 1. The molecule has 1 amide bonds. The predicted octanol–water partition coefficient (Wildman–Crippen LogP) is 3.71. The van der Waals surface area contributed by atoms with Crippen LogP contribution in [0.4, 0.5) is 0 Å². The Hall–Kier alpha value is -2.42. The molecule has 0 atom stereocenters. The van der Waals surface area contributed by atoms with Crippen molar-refractivity contribution in [3.63, 3.8) is 0 Å². The number of nitrogens with zero attached hydrogens (tertiary/aromatic N) is 3. The lowest BCUT2D eigenvalue weighted by molar-refractivity contribution is 0.0728. The summed E-state index contributed by atoms with van der Waals surface area (Å²) >= 11 is 1.62. The van der Waals surface area contributed by atoms with E-state index >= 15 is 0 Å². The van der Waals surface area contributed by atoms with Crippen LogP contribution in [0.1, 0.15) is 33.8 Å². The standard InChI is InChI=1S/C22H25N3O3S2/c1-23-12-4-6-19(23)16-24(17-20-7-5-15-29-20)22(26)18-8-10-21(11-9-18)30(27,28)25-13-2-3-14-25/h4-12,15H,2-3,13-14,16-17H2,1H3. The van der Waals surface area contributed by atoms with Crippen LogP contribution >= 0.6 is 11.3 Å². The number of benzene rings is 1. The summed E-state index contributed by atoms with van der Waals surface area (Å²) in [6.07, 6.45) is 3.75. The summed E-state index contributed by atoms with van der Waals surface area (Å²) in [4.78, 5) is 16.4. The number of amides is 1. The van der Waals surface area contributed by atoms with Crippen molar-refractivity contribution >= 4 is 27.3 Å². The average Bonchev–Trinajstić information content (AvgIpc) is 3.51. The highest BCUT2D eigenvalue weighted by Crippen LogP contribution is 2.22. The van der Waals surface area contributed by atoms with Gasteiger partial charge in [-0.3, -0.25) is 4.79 Å². The van der Waals surface area contributed by atoms with E-state index in [2.05, 4.69) is 0 Å². The summed E-state index contributed by atoms with van der Waals surface area (Å²) in [6, 6.07) is 14.3. The maximum absolute atomic E-state index is 13.3. The zero-order chi connectivity index (χ0) is 21.1. The minimum absolute atomic E-state index is 0.116. The topological polar surface area (TPSA) is 62.6 Å². The van der Waals surface area contributed by atoms with Gasteiger partial charge in [-0.05, 0) is 60.7 Å². The molecule has 8 heteroatoms. The van der Waals surface area contributed by atoms with Gasteiger partial charge in [-0.1, -0.05) is 6.07 Å². The summed E-state index contributed by atoms with van der Waals surface area (Å²) in [6.45, 7) is 2.12. The van der Waals surface area contributed by atoms with Gasteiger partial charge in [-0.25, -0.2) is 8.42 Å². The minimum Gasteiger partial charge on any atom is -0.353 e. The van der Waals surface area contributed by atoms with Crippen molar-refractivity contribution < 1.29 is 13.2 Å². The van der Waals surface area contributed by atoms with Crippen LogP contribution in [0, 0.1) is 0 Å². The van der Waals surface area contributed by atoms with Crippen LogP contribution in [0.25, 0.3) is 0 Å². The Balaban J connectivity index is 1.56. The molecule has 0 N–H and O–H groups in total. The van der Waals surface area contributed by atoms with Crippen LogP contribution < -0.4 is 0 Å². The molecule has 0 bridgehead atoms. The number of rotatable bonds is 7. The Bertz CT molecular complexity index is 1100. The first kappa shape index (κ1) is 20.8. The largest absolute Gasteiger partial charge is 0.353 e. The molecule has 1 fully saturated rings. The molecule has 0 saturated carbocycles. The first-order chi connectivity index (χ1) is 14.4. The Morgan fingerprint density at radius 2 is 1.77 bits per heavy atom. The Morgan fingerprint density at radius 1 is 1.03 bits per heavy atom. The van der Waals surface area contributed by atoms with E-state index in [-0.39, 0.29) is 10.8 Å². The molecule has 158 valence electrons. The first-order valence-electron chi connectivity index (χ1n) is 9.97.